The zero-order valence-electron chi connectivity index (χ0n) is 15.1. The van der Waals surface area contributed by atoms with Crippen molar-refractivity contribution >= 4 is 5.95 Å². The van der Waals surface area contributed by atoms with Crippen LogP contribution in [-0.2, 0) is 0 Å². The van der Waals surface area contributed by atoms with Crippen LogP contribution in [-0.4, -0.2) is 41.0 Å². The maximum Gasteiger partial charge on any atom is 0.221 e. The Balaban J connectivity index is 2.23. The third kappa shape index (κ3) is 6.09. The van der Waals surface area contributed by atoms with Crippen molar-refractivity contribution < 1.29 is 0 Å². The first-order chi connectivity index (χ1) is 12.1. The van der Waals surface area contributed by atoms with Crippen LogP contribution < -0.4 is 11.1 Å². The smallest absolute Gasteiger partial charge is 0.221 e. The fourth-order valence-electron chi connectivity index (χ4n) is 2.37. The summed E-state index contributed by atoms with van der Waals surface area (Å²) in [5.74, 6) is 7.05. The molecule has 1 aromatic heterocycles. The first kappa shape index (κ1) is 18.8. The molecule has 1 unspecified atom stereocenters. The van der Waals surface area contributed by atoms with E-state index in [0.29, 0.717) is 11.6 Å². The third-order valence-corrected chi connectivity index (χ3v) is 4.16. The van der Waals surface area contributed by atoms with Crippen molar-refractivity contribution in [3.63, 3.8) is 0 Å². The molecule has 1 fully saturated rings. The minimum Gasteiger partial charge on any atom is -0.368 e. The van der Waals surface area contributed by atoms with E-state index in [-0.39, 0.29) is 5.95 Å². The van der Waals surface area contributed by atoms with Gasteiger partial charge in [-0.05, 0) is 24.0 Å². The summed E-state index contributed by atoms with van der Waals surface area (Å²) in [5, 5.41) is 3.36. The topological polar surface area (TPSA) is 67.1 Å². The highest BCUT2D eigenvalue weighted by Crippen LogP contribution is 2.14. The van der Waals surface area contributed by atoms with E-state index in [1.807, 2.05) is 6.08 Å². The monoisotopic (exact) mass is 337 g/mol. The number of aromatic nitrogens is 2. The van der Waals surface area contributed by atoms with E-state index in [4.69, 9.17) is 5.73 Å². The largest absolute Gasteiger partial charge is 0.368 e. The first-order valence-corrected chi connectivity index (χ1v) is 8.74. The van der Waals surface area contributed by atoms with Gasteiger partial charge < -0.3 is 16.0 Å². The van der Waals surface area contributed by atoms with Crippen LogP contribution in [0.1, 0.15) is 26.0 Å². The molecule has 1 aliphatic rings. The molecule has 0 bridgehead atoms. The molecule has 0 amide bonds. The third-order valence-electron chi connectivity index (χ3n) is 4.16. The lowest BCUT2D eigenvalue weighted by Crippen LogP contribution is -2.42. The van der Waals surface area contributed by atoms with Crippen molar-refractivity contribution in [2.75, 3.05) is 31.9 Å². The molecule has 2 rings (SSSR count). The van der Waals surface area contributed by atoms with Gasteiger partial charge in [0.25, 0.3) is 0 Å². The van der Waals surface area contributed by atoms with E-state index in [2.05, 4.69) is 64.6 Å². The Labute approximate surface area is 150 Å². The van der Waals surface area contributed by atoms with E-state index in [1.165, 1.54) is 0 Å². The summed E-state index contributed by atoms with van der Waals surface area (Å²) in [5.41, 5.74) is 8.08. The second kappa shape index (κ2) is 9.65. The molecule has 2 heterocycles. The van der Waals surface area contributed by atoms with Crippen LogP contribution in [0.3, 0.4) is 0 Å². The van der Waals surface area contributed by atoms with Crippen molar-refractivity contribution in [2.24, 2.45) is 5.92 Å². The van der Waals surface area contributed by atoms with Crippen molar-refractivity contribution in [1.29, 1.82) is 0 Å². The lowest BCUT2D eigenvalue weighted by atomic mass is 10.1. The predicted molar refractivity (Wildman–Crippen MR) is 104 cm³/mol. The summed E-state index contributed by atoms with van der Waals surface area (Å²) in [6, 6.07) is 1.75. The number of allylic oxidation sites excluding steroid dienone is 4. The molecule has 0 saturated carbocycles. The number of hydrogen-bond acceptors (Lipinski definition) is 5. The number of nitrogens with one attached hydrogen (secondary N) is 1. The van der Waals surface area contributed by atoms with E-state index in [1.54, 1.807) is 12.3 Å². The van der Waals surface area contributed by atoms with Crippen molar-refractivity contribution in [2.45, 2.75) is 20.3 Å². The zero-order chi connectivity index (χ0) is 18.1. The Hall–Kier alpha value is -2.58. The number of nitrogens with zero attached hydrogens (tertiary/aromatic N) is 3. The summed E-state index contributed by atoms with van der Waals surface area (Å²) in [6.45, 7) is 12.4. The average Bonchev–Trinajstić information content (AvgIpc) is 2.64. The van der Waals surface area contributed by atoms with Gasteiger partial charge in [0, 0.05) is 43.6 Å². The molecular formula is C20H27N5. The molecule has 3 N–H and O–H groups in total. The van der Waals surface area contributed by atoms with Gasteiger partial charge in [-0.2, -0.15) is 0 Å². The molecule has 0 radical (unpaired) electrons. The van der Waals surface area contributed by atoms with Crippen LogP contribution in [0.15, 0.2) is 48.3 Å². The number of nitrogen functional groups attached to an aromatic ring is 1. The molecule has 1 saturated heterocycles. The Morgan fingerprint density at radius 1 is 1.48 bits per heavy atom. The van der Waals surface area contributed by atoms with Crippen LogP contribution in [0, 0.1) is 17.8 Å². The van der Waals surface area contributed by atoms with Gasteiger partial charge in [0.05, 0.1) is 0 Å². The SMILES string of the molecule is C=C(/C(C#Cc1ccnc(N)n1)=C\C=C/C(C)CC)N1CCNCC1. The van der Waals surface area contributed by atoms with Gasteiger partial charge in [0.2, 0.25) is 5.95 Å². The van der Waals surface area contributed by atoms with Gasteiger partial charge in [0.15, 0.2) is 0 Å². The van der Waals surface area contributed by atoms with E-state index in [9.17, 15) is 0 Å². The molecule has 0 aromatic carbocycles. The van der Waals surface area contributed by atoms with Crippen molar-refractivity contribution in [3.05, 3.63) is 54.0 Å². The Kier molecular flexibility index (Phi) is 7.24. The lowest BCUT2D eigenvalue weighted by Gasteiger charge is -2.31. The van der Waals surface area contributed by atoms with Crippen LogP contribution in [0.2, 0.25) is 0 Å². The summed E-state index contributed by atoms with van der Waals surface area (Å²) < 4.78 is 0. The molecule has 5 nitrogen and oxygen atoms in total. The Bertz CT molecular complexity index is 702. The molecule has 5 heteroatoms. The number of rotatable bonds is 5. The Morgan fingerprint density at radius 3 is 2.92 bits per heavy atom. The van der Waals surface area contributed by atoms with Gasteiger partial charge in [-0.3, -0.25) is 0 Å². The first-order valence-electron chi connectivity index (χ1n) is 8.74. The summed E-state index contributed by atoms with van der Waals surface area (Å²) in [4.78, 5) is 10.3. The molecule has 1 atom stereocenters. The highest BCUT2D eigenvalue weighted by atomic mass is 15.2. The normalized spacial score (nSPS) is 16.4. The van der Waals surface area contributed by atoms with E-state index < -0.39 is 0 Å². The summed E-state index contributed by atoms with van der Waals surface area (Å²) in [7, 11) is 0. The van der Waals surface area contributed by atoms with Gasteiger partial charge in [-0.1, -0.05) is 44.9 Å². The summed E-state index contributed by atoms with van der Waals surface area (Å²) >= 11 is 0. The molecular weight excluding hydrogens is 310 g/mol. The maximum atomic E-state index is 5.62. The van der Waals surface area contributed by atoms with Crippen LogP contribution in [0.5, 0.6) is 0 Å². The van der Waals surface area contributed by atoms with E-state index in [0.717, 1.165) is 43.9 Å². The number of piperazine rings is 1. The fraction of sp³-hybridized carbons (Fsp3) is 0.400. The van der Waals surface area contributed by atoms with Gasteiger partial charge >= 0.3 is 0 Å². The van der Waals surface area contributed by atoms with Crippen LogP contribution in [0.25, 0.3) is 0 Å². The minimum atomic E-state index is 0.231. The average molecular weight is 337 g/mol. The number of anilines is 1. The van der Waals surface area contributed by atoms with Gasteiger partial charge in [-0.25, -0.2) is 9.97 Å². The van der Waals surface area contributed by atoms with Gasteiger partial charge in [0.1, 0.15) is 5.69 Å². The highest BCUT2D eigenvalue weighted by molar-refractivity contribution is 5.48. The second-order valence-corrected chi connectivity index (χ2v) is 6.08. The standard InChI is InChI=1S/C20H27N5/c1-4-16(2)6-5-7-18(17(3)25-14-12-22-13-15-25)8-9-19-10-11-23-20(21)24-19/h5-7,10-11,16,22H,3-4,12-15H2,1-2H3,(H2,21,23,24)/b6-5-,18-7-. The molecule has 0 aliphatic carbocycles. The number of hydrogen-bond donors (Lipinski definition) is 2. The van der Waals surface area contributed by atoms with Crippen molar-refractivity contribution in [3.8, 4) is 11.8 Å². The molecule has 1 aromatic rings. The quantitative estimate of drug-likeness (QED) is 0.638. The maximum absolute atomic E-state index is 5.62. The molecule has 25 heavy (non-hydrogen) atoms. The molecule has 0 spiro atoms. The lowest BCUT2D eigenvalue weighted by molar-refractivity contribution is 0.306. The molecule has 1 aliphatic heterocycles. The fourth-order valence-corrected chi connectivity index (χ4v) is 2.37. The van der Waals surface area contributed by atoms with Gasteiger partial charge in [-0.15, -0.1) is 0 Å². The Morgan fingerprint density at radius 2 is 2.24 bits per heavy atom. The van der Waals surface area contributed by atoms with Crippen LogP contribution in [0.4, 0.5) is 5.95 Å². The van der Waals surface area contributed by atoms with Crippen LogP contribution >= 0.6 is 0 Å². The summed E-state index contributed by atoms with van der Waals surface area (Å²) in [6.07, 6.45) is 9.03. The van der Waals surface area contributed by atoms with E-state index >= 15 is 0 Å². The minimum absolute atomic E-state index is 0.231. The predicted octanol–water partition coefficient (Wildman–Crippen LogP) is 2.36. The second-order valence-electron chi connectivity index (χ2n) is 6.08. The van der Waals surface area contributed by atoms with Crippen molar-refractivity contribution in [1.82, 2.24) is 20.2 Å². The molecule has 132 valence electrons. The highest BCUT2D eigenvalue weighted by Gasteiger charge is 2.13. The number of nitrogens with two attached hydrogens (primary N) is 1. The zero-order valence-corrected chi connectivity index (χ0v) is 15.1.